The van der Waals surface area contributed by atoms with Crippen LogP contribution in [0.5, 0.6) is 0 Å². The molecule has 1 amide bonds. The van der Waals surface area contributed by atoms with E-state index < -0.39 is 0 Å². The molecule has 1 aliphatic rings. The first-order chi connectivity index (χ1) is 10.1. The third kappa shape index (κ3) is 4.48. The number of piperidine rings is 1. The molecule has 1 aromatic rings. The number of likely N-dealkylation sites (tertiary alicyclic amines) is 1. The lowest BCUT2D eigenvalue weighted by Gasteiger charge is -2.32. The van der Waals surface area contributed by atoms with Crippen LogP contribution in [0.15, 0.2) is 11.4 Å². The van der Waals surface area contributed by atoms with E-state index in [1.807, 2.05) is 24.1 Å². The van der Waals surface area contributed by atoms with E-state index >= 15 is 0 Å². The first kappa shape index (κ1) is 16.4. The summed E-state index contributed by atoms with van der Waals surface area (Å²) < 4.78 is 2.03. The smallest absolute Gasteiger partial charge is 0.220 e. The van der Waals surface area contributed by atoms with E-state index in [9.17, 15) is 4.79 Å². The van der Waals surface area contributed by atoms with E-state index in [1.165, 1.54) is 25.8 Å². The van der Waals surface area contributed by atoms with Crippen molar-refractivity contribution in [1.29, 1.82) is 0 Å². The van der Waals surface area contributed by atoms with Crippen LogP contribution in [-0.4, -0.2) is 46.2 Å². The van der Waals surface area contributed by atoms with Crippen molar-refractivity contribution in [3.63, 3.8) is 0 Å². The van der Waals surface area contributed by atoms with Gasteiger partial charge < -0.3 is 14.8 Å². The van der Waals surface area contributed by atoms with Crippen LogP contribution in [0.4, 0.5) is 0 Å². The molecule has 1 fully saturated rings. The Morgan fingerprint density at radius 1 is 1.48 bits per heavy atom. The van der Waals surface area contributed by atoms with Crippen LogP contribution in [0.3, 0.4) is 0 Å². The molecule has 0 spiro atoms. The minimum Gasteiger partial charge on any atom is -0.350 e. The maximum atomic E-state index is 12.0. The van der Waals surface area contributed by atoms with Gasteiger partial charge in [-0.1, -0.05) is 18.2 Å². The van der Waals surface area contributed by atoms with Gasteiger partial charge in [-0.2, -0.15) is 0 Å². The van der Waals surface area contributed by atoms with E-state index in [1.54, 1.807) is 11.8 Å². The fourth-order valence-electron chi connectivity index (χ4n) is 2.86. The molecule has 118 valence electrons. The quantitative estimate of drug-likeness (QED) is 0.817. The van der Waals surface area contributed by atoms with Crippen LogP contribution in [0.1, 0.15) is 37.8 Å². The maximum absolute atomic E-state index is 12.0. The van der Waals surface area contributed by atoms with E-state index in [0.29, 0.717) is 19.0 Å². The van der Waals surface area contributed by atoms with Gasteiger partial charge in [0.15, 0.2) is 5.16 Å². The van der Waals surface area contributed by atoms with Crippen molar-refractivity contribution in [3.05, 3.63) is 11.9 Å². The second-order valence-electron chi connectivity index (χ2n) is 5.74. The van der Waals surface area contributed by atoms with Crippen LogP contribution >= 0.6 is 11.8 Å². The minimum absolute atomic E-state index is 0.140. The Morgan fingerprint density at radius 3 is 2.95 bits per heavy atom. The molecule has 1 aromatic heterocycles. The summed E-state index contributed by atoms with van der Waals surface area (Å²) in [4.78, 5) is 18.7. The molecule has 5 nitrogen and oxygen atoms in total. The number of aromatic nitrogens is 2. The molecule has 1 atom stereocenters. The highest BCUT2D eigenvalue weighted by molar-refractivity contribution is 7.98. The second-order valence-corrected chi connectivity index (χ2v) is 6.51. The molecule has 0 bridgehead atoms. The van der Waals surface area contributed by atoms with Gasteiger partial charge in [0, 0.05) is 19.5 Å². The summed E-state index contributed by atoms with van der Waals surface area (Å²) >= 11 is 1.61. The van der Waals surface area contributed by atoms with E-state index in [2.05, 4.69) is 22.2 Å². The van der Waals surface area contributed by atoms with Gasteiger partial charge in [-0.05, 0) is 39.1 Å². The second kappa shape index (κ2) is 7.84. The summed E-state index contributed by atoms with van der Waals surface area (Å²) in [7, 11) is 4.15. The molecule has 1 N–H and O–H groups in total. The molecular formula is C15H26N4OS. The minimum atomic E-state index is 0.140. The Labute approximate surface area is 131 Å². The van der Waals surface area contributed by atoms with Gasteiger partial charge in [-0.25, -0.2) is 4.98 Å². The summed E-state index contributed by atoms with van der Waals surface area (Å²) in [6, 6.07) is 0.573. The van der Waals surface area contributed by atoms with Gasteiger partial charge in [0.05, 0.1) is 18.4 Å². The number of hydrogen-bond acceptors (Lipinski definition) is 4. The van der Waals surface area contributed by atoms with Crippen molar-refractivity contribution in [2.45, 2.75) is 49.8 Å². The fraction of sp³-hybridized carbons (Fsp3) is 0.733. The van der Waals surface area contributed by atoms with E-state index in [0.717, 1.165) is 17.3 Å². The number of carbonyl (C=O) groups excluding carboxylic acids is 1. The monoisotopic (exact) mass is 310 g/mol. The molecule has 1 saturated heterocycles. The van der Waals surface area contributed by atoms with Crippen LogP contribution in [-0.2, 0) is 18.4 Å². The average molecular weight is 310 g/mol. The Hall–Kier alpha value is -1.01. The van der Waals surface area contributed by atoms with Gasteiger partial charge in [-0.3, -0.25) is 4.79 Å². The molecule has 2 heterocycles. The predicted octanol–water partition coefficient (Wildman–Crippen LogP) is 2.02. The number of rotatable bonds is 6. The van der Waals surface area contributed by atoms with Gasteiger partial charge in [-0.15, -0.1) is 0 Å². The molecule has 1 aliphatic heterocycles. The fourth-order valence-corrected chi connectivity index (χ4v) is 3.41. The standard InChI is InChI=1S/C15H26N4OS/c1-18-9-5-4-6-12(18)7-8-14(20)16-10-13-11-17-15(21-3)19(13)2/h11-12H,4-10H2,1-3H3,(H,16,20)/t12-/m0/s1. The molecule has 0 saturated carbocycles. The number of nitrogens with one attached hydrogen (secondary N) is 1. The third-order valence-corrected chi connectivity index (χ3v) is 5.06. The summed E-state index contributed by atoms with van der Waals surface area (Å²) in [6.07, 6.45) is 9.22. The average Bonchev–Trinajstić information content (AvgIpc) is 2.84. The first-order valence-electron chi connectivity index (χ1n) is 7.63. The number of hydrogen-bond donors (Lipinski definition) is 1. The highest BCUT2D eigenvalue weighted by atomic mass is 32.2. The summed E-state index contributed by atoms with van der Waals surface area (Å²) in [5, 5.41) is 3.98. The number of imidazole rings is 1. The van der Waals surface area contributed by atoms with Crippen LogP contribution in [0.25, 0.3) is 0 Å². The van der Waals surface area contributed by atoms with Gasteiger partial charge in [0.1, 0.15) is 0 Å². The molecule has 0 radical (unpaired) electrons. The van der Waals surface area contributed by atoms with Crippen molar-refractivity contribution in [1.82, 2.24) is 19.8 Å². The number of amides is 1. The zero-order valence-electron chi connectivity index (χ0n) is 13.3. The van der Waals surface area contributed by atoms with Gasteiger partial charge in [0.2, 0.25) is 5.91 Å². The lowest BCUT2D eigenvalue weighted by atomic mass is 9.98. The third-order valence-electron chi connectivity index (χ3n) is 4.32. The Bertz CT molecular complexity index is 474. The zero-order valence-corrected chi connectivity index (χ0v) is 14.1. The molecule has 0 unspecified atom stereocenters. The normalized spacial score (nSPS) is 19.7. The van der Waals surface area contributed by atoms with Crippen molar-refractivity contribution < 1.29 is 4.79 Å². The Morgan fingerprint density at radius 2 is 2.29 bits per heavy atom. The van der Waals surface area contributed by atoms with Gasteiger partial charge in [0.25, 0.3) is 0 Å². The number of carbonyl (C=O) groups is 1. The van der Waals surface area contributed by atoms with Gasteiger partial charge >= 0.3 is 0 Å². The van der Waals surface area contributed by atoms with Crippen molar-refractivity contribution >= 4 is 17.7 Å². The topological polar surface area (TPSA) is 50.2 Å². The van der Waals surface area contributed by atoms with Crippen LogP contribution in [0, 0.1) is 0 Å². The molecular weight excluding hydrogens is 284 g/mol. The summed E-state index contributed by atoms with van der Waals surface area (Å²) in [5.41, 5.74) is 1.04. The lowest BCUT2D eigenvalue weighted by molar-refractivity contribution is -0.121. The molecule has 0 aromatic carbocycles. The highest BCUT2D eigenvalue weighted by Crippen LogP contribution is 2.19. The largest absolute Gasteiger partial charge is 0.350 e. The van der Waals surface area contributed by atoms with E-state index in [-0.39, 0.29) is 5.91 Å². The highest BCUT2D eigenvalue weighted by Gasteiger charge is 2.19. The molecule has 6 heteroatoms. The van der Waals surface area contributed by atoms with E-state index in [4.69, 9.17) is 0 Å². The zero-order chi connectivity index (χ0) is 15.2. The maximum Gasteiger partial charge on any atom is 0.220 e. The lowest BCUT2D eigenvalue weighted by Crippen LogP contribution is -2.37. The SMILES string of the molecule is CSc1ncc(CNC(=O)CC[C@@H]2CCCCN2C)n1C. The van der Waals surface area contributed by atoms with Crippen LogP contribution in [0.2, 0.25) is 0 Å². The summed E-state index contributed by atoms with van der Waals surface area (Å²) in [6.45, 7) is 1.72. The Balaban J connectivity index is 1.73. The predicted molar refractivity (Wildman–Crippen MR) is 86.3 cm³/mol. The van der Waals surface area contributed by atoms with Crippen molar-refractivity contribution in [2.75, 3.05) is 19.8 Å². The Kier molecular flexibility index (Phi) is 6.11. The molecule has 2 rings (SSSR count). The number of nitrogens with zero attached hydrogens (tertiary/aromatic N) is 3. The summed E-state index contributed by atoms with van der Waals surface area (Å²) in [5.74, 6) is 0.140. The van der Waals surface area contributed by atoms with Crippen molar-refractivity contribution in [2.24, 2.45) is 7.05 Å². The molecule has 21 heavy (non-hydrogen) atoms. The molecule has 0 aliphatic carbocycles. The first-order valence-corrected chi connectivity index (χ1v) is 8.85. The van der Waals surface area contributed by atoms with Crippen LogP contribution < -0.4 is 5.32 Å². The van der Waals surface area contributed by atoms with Crippen molar-refractivity contribution in [3.8, 4) is 0 Å². The number of thioether (sulfide) groups is 1.